The molecule has 1 saturated carbocycles. The molecule has 5 rings (SSSR count). The van der Waals surface area contributed by atoms with E-state index in [0.29, 0.717) is 17.4 Å². The van der Waals surface area contributed by atoms with Crippen LogP contribution in [0.25, 0.3) is 0 Å². The van der Waals surface area contributed by atoms with Crippen LogP contribution in [0.2, 0.25) is 0 Å². The standard InChI is InChI=1S/C39H47NO5S/c1-39(2,3)32-20-18-27(17-19-28(23-26-11-5-4-6-12-26)44-38(46)22-21-37(42)43)24-33(32)40-36(41)25-31-29-13-7-9-15-34(29)45-35-16-10-8-14-30(31)35/h7-10,13-16,18,20,24,26,28,31H,4-6,11-12,17,19,21-23,25H2,1-3H3,(H,40,41)(H,42,43). The minimum atomic E-state index is -0.867. The highest BCUT2D eigenvalue weighted by molar-refractivity contribution is 7.80. The van der Waals surface area contributed by atoms with Crippen molar-refractivity contribution in [1.29, 1.82) is 0 Å². The molecular weight excluding hydrogens is 594 g/mol. The fraction of sp³-hybridized carbons (Fsp3) is 0.462. The van der Waals surface area contributed by atoms with Gasteiger partial charge in [0.2, 0.25) is 5.91 Å². The van der Waals surface area contributed by atoms with E-state index in [2.05, 4.69) is 44.3 Å². The summed E-state index contributed by atoms with van der Waals surface area (Å²) >= 11 is 5.45. The number of hydrogen-bond acceptors (Lipinski definition) is 5. The SMILES string of the molecule is CC(C)(C)c1ccc(CCC(CC2CCCCC2)OC(=S)CCC(=O)O)cc1NC(=O)CC1c2ccccc2Oc2ccccc21. The molecule has 46 heavy (non-hydrogen) atoms. The highest BCUT2D eigenvalue weighted by atomic mass is 32.1. The number of anilines is 1. The summed E-state index contributed by atoms with van der Waals surface area (Å²) in [6, 6.07) is 22.3. The van der Waals surface area contributed by atoms with Crippen molar-refractivity contribution < 1.29 is 24.2 Å². The van der Waals surface area contributed by atoms with Crippen LogP contribution in [-0.2, 0) is 26.2 Å². The highest BCUT2D eigenvalue weighted by Crippen LogP contribution is 2.45. The van der Waals surface area contributed by atoms with Crippen LogP contribution < -0.4 is 10.1 Å². The van der Waals surface area contributed by atoms with Gasteiger partial charge < -0.3 is 19.9 Å². The average molecular weight is 642 g/mol. The first-order valence-corrected chi connectivity index (χ1v) is 17.2. The van der Waals surface area contributed by atoms with Crippen molar-refractivity contribution in [2.45, 2.75) is 109 Å². The number of nitrogens with one attached hydrogen (secondary N) is 1. The molecule has 3 aromatic rings. The van der Waals surface area contributed by atoms with Gasteiger partial charge in [-0.25, -0.2) is 0 Å². The predicted molar refractivity (Wildman–Crippen MR) is 187 cm³/mol. The Kier molecular flexibility index (Phi) is 11.2. The molecule has 1 fully saturated rings. The second-order valence-corrected chi connectivity index (χ2v) is 14.4. The molecule has 1 aliphatic heterocycles. The molecule has 7 heteroatoms. The van der Waals surface area contributed by atoms with Crippen molar-refractivity contribution in [3.8, 4) is 11.5 Å². The molecule has 1 aliphatic carbocycles. The molecule has 0 saturated heterocycles. The lowest BCUT2D eigenvalue weighted by Gasteiger charge is -2.29. The quantitative estimate of drug-likeness (QED) is 0.192. The number of carboxylic acid groups (broad SMARTS) is 1. The van der Waals surface area contributed by atoms with Crippen molar-refractivity contribution in [2.24, 2.45) is 5.92 Å². The first-order chi connectivity index (χ1) is 22.1. The molecule has 0 aromatic heterocycles. The Morgan fingerprint density at radius 2 is 1.61 bits per heavy atom. The number of aryl methyl sites for hydroxylation is 1. The van der Waals surface area contributed by atoms with Gasteiger partial charge in [0.05, 0.1) is 12.5 Å². The summed E-state index contributed by atoms with van der Waals surface area (Å²) in [7, 11) is 0. The first-order valence-electron chi connectivity index (χ1n) is 16.8. The van der Waals surface area contributed by atoms with Crippen LogP contribution in [0.1, 0.15) is 113 Å². The van der Waals surface area contributed by atoms with Gasteiger partial charge in [-0.1, -0.05) is 101 Å². The number of hydrogen-bond donors (Lipinski definition) is 2. The maximum Gasteiger partial charge on any atom is 0.303 e. The lowest BCUT2D eigenvalue weighted by Crippen LogP contribution is -2.23. The van der Waals surface area contributed by atoms with E-state index in [1.165, 1.54) is 32.1 Å². The van der Waals surface area contributed by atoms with Gasteiger partial charge in [-0.3, -0.25) is 9.59 Å². The molecule has 244 valence electrons. The first kappa shape index (κ1) is 33.6. The molecule has 3 aromatic carbocycles. The van der Waals surface area contributed by atoms with Gasteiger partial charge in [0.15, 0.2) is 5.05 Å². The minimum absolute atomic E-state index is 0.0165. The van der Waals surface area contributed by atoms with Crippen molar-refractivity contribution in [3.63, 3.8) is 0 Å². The van der Waals surface area contributed by atoms with E-state index in [1.54, 1.807) is 0 Å². The summed E-state index contributed by atoms with van der Waals surface area (Å²) in [6.07, 6.45) is 9.18. The lowest BCUT2D eigenvalue weighted by atomic mass is 9.83. The molecule has 2 aliphatic rings. The molecule has 0 spiro atoms. The van der Waals surface area contributed by atoms with Gasteiger partial charge >= 0.3 is 5.97 Å². The normalized spacial score (nSPS) is 15.6. The smallest absolute Gasteiger partial charge is 0.303 e. The van der Waals surface area contributed by atoms with Crippen molar-refractivity contribution in [1.82, 2.24) is 0 Å². The zero-order chi connectivity index (χ0) is 32.7. The van der Waals surface area contributed by atoms with E-state index in [9.17, 15) is 9.59 Å². The minimum Gasteiger partial charge on any atom is -0.484 e. The fourth-order valence-electron chi connectivity index (χ4n) is 6.92. The van der Waals surface area contributed by atoms with Crippen LogP contribution in [-0.4, -0.2) is 28.1 Å². The van der Waals surface area contributed by atoms with Gasteiger partial charge in [-0.2, -0.15) is 0 Å². The summed E-state index contributed by atoms with van der Waals surface area (Å²) < 4.78 is 12.4. The Morgan fingerprint density at radius 3 is 2.24 bits per heavy atom. The number of thiocarbonyl (C=S) groups is 1. The summed E-state index contributed by atoms with van der Waals surface area (Å²) in [6.45, 7) is 6.48. The Balaban J connectivity index is 1.31. The van der Waals surface area contributed by atoms with Gasteiger partial charge in [-0.05, 0) is 72.1 Å². The summed E-state index contributed by atoms with van der Waals surface area (Å²) in [5.74, 6) is 1.19. The number of rotatable bonds is 12. The van der Waals surface area contributed by atoms with Crippen LogP contribution in [0.3, 0.4) is 0 Å². The van der Waals surface area contributed by atoms with Gasteiger partial charge in [-0.15, -0.1) is 0 Å². The van der Waals surface area contributed by atoms with Crippen LogP contribution in [0.5, 0.6) is 11.5 Å². The third kappa shape index (κ3) is 8.97. The maximum absolute atomic E-state index is 13.8. The summed E-state index contributed by atoms with van der Waals surface area (Å²) in [4.78, 5) is 24.9. The van der Waals surface area contributed by atoms with E-state index in [1.807, 2.05) is 48.5 Å². The van der Waals surface area contributed by atoms with Crippen molar-refractivity contribution >= 4 is 34.8 Å². The number of aliphatic carboxylic acids is 1. The van der Waals surface area contributed by atoms with Crippen LogP contribution in [0.4, 0.5) is 5.69 Å². The van der Waals surface area contributed by atoms with Crippen LogP contribution >= 0.6 is 12.2 Å². The zero-order valence-corrected chi connectivity index (χ0v) is 28.2. The van der Waals surface area contributed by atoms with Crippen molar-refractivity contribution in [3.05, 3.63) is 89.0 Å². The largest absolute Gasteiger partial charge is 0.484 e. The Morgan fingerprint density at radius 1 is 0.957 bits per heavy atom. The van der Waals surface area contributed by atoms with E-state index in [4.69, 9.17) is 26.8 Å². The van der Waals surface area contributed by atoms with E-state index in [-0.39, 0.29) is 36.2 Å². The molecule has 0 radical (unpaired) electrons. The summed E-state index contributed by atoms with van der Waals surface area (Å²) in [5.41, 5.74) is 4.92. The molecule has 1 amide bonds. The monoisotopic (exact) mass is 641 g/mol. The Labute approximate surface area is 278 Å². The fourth-order valence-corrected chi connectivity index (χ4v) is 7.16. The number of benzene rings is 3. The Bertz CT molecular complexity index is 1490. The van der Waals surface area contributed by atoms with Crippen LogP contribution in [0, 0.1) is 5.92 Å². The molecule has 0 bridgehead atoms. The van der Waals surface area contributed by atoms with E-state index < -0.39 is 5.97 Å². The van der Waals surface area contributed by atoms with Gasteiger partial charge in [0.1, 0.15) is 11.5 Å². The second kappa shape index (κ2) is 15.3. The summed E-state index contributed by atoms with van der Waals surface area (Å²) in [5, 5.41) is 12.8. The number of fused-ring (bicyclic) bond motifs is 2. The highest BCUT2D eigenvalue weighted by Gasteiger charge is 2.30. The molecule has 6 nitrogen and oxygen atoms in total. The van der Waals surface area contributed by atoms with E-state index >= 15 is 0 Å². The van der Waals surface area contributed by atoms with Gasteiger partial charge in [0.25, 0.3) is 0 Å². The maximum atomic E-state index is 13.8. The van der Waals surface area contributed by atoms with Crippen LogP contribution in [0.15, 0.2) is 66.7 Å². The molecule has 1 heterocycles. The second-order valence-electron chi connectivity index (χ2n) is 13.9. The molecule has 1 unspecified atom stereocenters. The number of carboxylic acids is 1. The molecular formula is C39H47NO5S. The number of amides is 1. The number of ether oxygens (including phenoxy) is 2. The van der Waals surface area contributed by atoms with Gasteiger partial charge in [0, 0.05) is 35.6 Å². The predicted octanol–water partition coefficient (Wildman–Crippen LogP) is 9.73. The average Bonchev–Trinajstić information content (AvgIpc) is 3.02. The topological polar surface area (TPSA) is 84.9 Å². The van der Waals surface area contributed by atoms with Crippen molar-refractivity contribution in [2.75, 3.05) is 5.32 Å². The third-order valence-electron chi connectivity index (χ3n) is 9.28. The molecule has 1 atom stereocenters. The number of carbonyl (C=O) groups is 2. The number of para-hydroxylation sites is 2. The van der Waals surface area contributed by atoms with E-state index in [0.717, 1.165) is 58.7 Å². The molecule has 2 N–H and O–H groups in total. The Hall–Kier alpha value is -3.71. The lowest BCUT2D eigenvalue weighted by molar-refractivity contribution is -0.136. The number of carbonyl (C=O) groups excluding carboxylic acids is 1. The third-order valence-corrected chi connectivity index (χ3v) is 9.58. The zero-order valence-electron chi connectivity index (χ0n) is 27.3.